The lowest BCUT2D eigenvalue weighted by atomic mass is 9.71. The summed E-state index contributed by atoms with van der Waals surface area (Å²) in [6.45, 7) is 3.48. The Labute approximate surface area is 245 Å². The van der Waals surface area contributed by atoms with E-state index in [0.29, 0.717) is 61.8 Å². The van der Waals surface area contributed by atoms with Crippen LogP contribution in [0.2, 0.25) is 0 Å². The molecular weight excluding hydrogens is 552 g/mol. The largest absolute Gasteiger partial charge is 0.439 e. The predicted octanol–water partition coefficient (Wildman–Crippen LogP) is 3.41. The molecule has 2 aromatic carbocycles. The van der Waals surface area contributed by atoms with Crippen LogP contribution in [0.15, 0.2) is 73.4 Å². The van der Waals surface area contributed by atoms with E-state index in [0.717, 1.165) is 6.42 Å². The second-order valence-electron chi connectivity index (χ2n) is 10.6. The molecule has 0 radical (unpaired) electrons. The number of rotatable bonds is 7. The Morgan fingerprint density at radius 3 is 2.50 bits per heavy atom. The maximum absolute atomic E-state index is 14.0. The van der Waals surface area contributed by atoms with E-state index in [1.54, 1.807) is 24.3 Å². The number of pyridine rings is 1. The highest BCUT2D eigenvalue weighted by Crippen LogP contribution is 2.49. The van der Waals surface area contributed by atoms with Gasteiger partial charge in [-0.25, -0.2) is 4.98 Å². The molecule has 4 aromatic rings. The average molecular weight is 583 g/mol. The summed E-state index contributed by atoms with van der Waals surface area (Å²) in [6, 6.07) is 14.6. The first-order chi connectivity index (χ1) is 20.2. The van der Waals surface area contributed by atoms with Crippen LogP contribution in [0.5, 0.6) is 11.6 Å². The number of hydrogen-bond donors (Lipinski definition) is 5. The van der Waals surface area contributed by atoms with Gasteiger partial charge in [0.25, 0.3) is 5.91 Å². The first-order valence-electron chi connectivity index (χ1n) is 13.6. The van der Waals surface area contributed by atoms with Crippen molar-refractivity contribution >= 4 is 44.7 Å². The number of para-hydroxylation sites is 1. The fraction of sp³-hybridized carbons (Fsp3) is 0.226. The molecule has 6 rings (SSSR count). The van der Waals surface area contributed by atoms with Crippen LogP contribution >= 0.6 is 11.3 Å². The van der Waals surface area contributed by atoms with Crippen LogP contribution in [-0.2, 0) is 15.1 Å². The number of carbonyl (C=O) groups excluding carboxylic acids is 3. The first-order valence-corrected chi connectivity index (χ1v) is 14.4. The highest BCUT2D eigenvalue weighted by atomic mass is 32.1. The molecule has 42 heavy (non-hydrogen) atoms. The third kappa shape index (κ3) is 4.61. The molecule has 2 heterocycles. The second-order valence-corrected chi connectivity index (χ2v) is 11.6. The van der Waals surface area contributed by atoms with Crippen molar-refractivity contribution in [2.45, 2.75) is 42.9 Å². The highest BCUT2D eigenvalue weighted by molar-refractivity contribution is 7.21. The zero-order chi connectivity index (χ0) is 29.6. The summed E-state index contributed by atoms with van der Waals surface area (Å²) < 4.78 is 6.44. The molecule has 2 amide bonds. The van der Waals surface area contributed by atoms with E-state index in [2.05, 4.69) is 22.2 Å². The summed E-state index contributed by atoms with van der Waals surface area (Å²) >= 11 is 1.20. The summed E-state index contributed by atoms with van der Waals surface area (Å²) in [4.78, 5) is 44.0. The molecule has 10 nitrogen and oxygen atoms in total. The van der Waals surface area contributed by atoms with Crippen LogP contribution < -0.4 is 32.6 Å². The normalized spacial score (nSPS) is 23.0. The van der Waals surface area contributed by atoms with Crippen LogP contribution in [0.3, 0.4) is 0 Å². The number of hydrogen-bond acceptors (Lipinski definition) is 9. The van der Waals surface area contributed by atoms with Gasteiger partial charge >= 0.3 is 0 Å². The number of aromatic nitrogens is 1. The SMILES string of the molecule is C=CC(=O)NC1CCC(NC(=O)c2sc3c(N)ccc4c3c2C(N)C(=O)C4(N)c2ccc(Oc3ccccc3)nc2)C1. The summed E-state index contributed by atoms with van der Waals surface area (Å²) in [5.74, 6) is -0.0713. The molecule has 0 saturated heterocycles. The van der Waals surface area contributed by atoms with E-state index in [9.17, 15) is 14.4 Å². The van der Waals surface area contributed by atoms with Crippen molar-refractivity contribution in [3.63, 3.8) is 0 Å². The highest BCUT2D eigenvalue weighted by Gasteiger charge is 2.49. The number of amides is 2. The van der Waals surface area contributed by atoms with Crippen LogP contribution in [0, 0.1) is 0 Å². The van der Waals surface area contributed by atoms with Crippen molar-refractivity contribution in [3.05, 3.63) is 95.0 Å². The summed E-state index contributed by atoms with van der Waals surface area (Å²) in [7, 11) is 0. The number of benzene rings is 2. The number of ketones is 1. The molecule has 2 aliphatic carbocycles. The Morgan fingerprint density at radius 2 is 1.81 bits per heavy atom. The van der Waals surface area contributed by atoms with Crippen LogP contribution in [0.25, 0.3) is 10.1 Å². The van der Waals surface area contributed by atoms with E-state index < -0.39 is 17.4 Å². The van der Waals surface area contributed by atoms with Crippen molar-refractivity contribution in [3.8, 4) is 11.6 Å². The van der Waals surface area contributed by atoms with Gasteiger partial charge in [0.05, 0.1) is 15.6 Å². The molecule has 8 N–H and O–H groups in total. The molecule has 4 atom stereocenters. The minimum atomic E-state index is -1.62. The Hall–Kier alpha value is -4.58. The summed E-state index contributed by atoms with van der Waals surface area (Å²) in [5.41, 5.74) is 20.1. The van der Waals surface area contributed by atoms with Gasteiger partial charge in [-0.15, -0.1) is 11.3 Å². The molecule has 214 valence electrons. The van der Waals surface area contributed by atoms with Gasteiger partial charge in [0, 0.05) is 46.5 Å². The van der Waals surface area contributed by atoms with Gasteiger partial charge in [-0.2, -0.15) is 0 Å². The number of carbonyl (C=O) groups is 3. The maximum Gasteiger partial charge on any atom is 0.261 e. The van der Waals surface area contributed by atoms with Gasteiger partial charge in [-0.05, 0) is 55.2 Å². The minimum absolute atomic E-state index is 0.0522. The zero-order valence-corrected chi connectivity index (χ0v) is 23.4. The van der Waals surface area contributed by atoms with E-state index in [4.69, 9.17) is 21.9 Å². The molecule has 2 aromatic heterocycles. The number of anilines is 1. The molecule has 0 aliphatic heterocycles. The number of nitrogen functional groups attached to an aromatic ring is 1. The van der Waals surface area contributed by atoms with Crippen molar-refractivity contribution < 1.29 is 19.1 Å². The summed E-state index contributed by atoms with van der Waals surface area (Å²) in [5, 5.41) is 6.56. The maximum atomic E-state index is 14.0. The van der Waals surface area contributed by atoms with Crippen molar-refractivity contribution in [1.29, 1.82) is 0 Å². The quantitative estimate of drug-likeness (QED) is 0.163. The van der Waals surface area contributed by atoms with Gasteiger partial charge in [0.2, 0.25) is 11.8 Å². The minimum Gasteiger partial charge on any atom is -0.439 e. The molecule has 4 unspecified atom stereocenters. The summed E-state index contributed by atoms with van der Waals surface area (Å²) in [6.07, 6.45) is 4.77. The number of nitrogens with two attached hydrogens (primary N) is 3. The number of ether oxygens (including phenoxy) is 1. The molecule has 11 heteroatoms. The van der Waals surface area contributed by atoms with Crippen molar-refractivity contribution in [1.82, 2.24) is 15.6 Å². The molecule has 1 saturated carbocycles. The molecule has 0 spiro atoms. The van der Waals surface area contributed by atoms with Gasteiger partial charge < -0.3 is 32.6 Å². The Bertz CT molecular complexity index is 1720. The Morgan fingerprint density at radius 1 is 1.07 bits per heavy atom. The lowest BCUT2D eigenvalue weighted by Gasteiger charge is -2.36. The Balaban J connectivity index is 1.34. The average Bonchev–Trinajstić information content (AvgIpc) is 3.61. The lowest BCUT2D eigenvalue weighted by Crippen LogP contribution is -2.52. The number of nitrogens with one attached hydrogen (secondary N) is 2. The fourth-order valence-corrected chi connectivity index (χ4v) is 7.09. The molecule has 1 fully saturated rings. The van der Waals surface area contributed by atoms with Gasteiger partial charge in [0.1, 0.15) is 11.3 Å². The van der Waals surface area contributed by atoms with E-state index in [-0.39, 0.29) is 23.9 Å². The van der Waals surface area contributed by atoms with Gasteiger partial charge in [0.15, 0.2) is 5.78 Å². The van der Waals surface area contributed by atoms with E-state index in [1.165, 1.54) is 23.6 Å². The number of thiophene rings is 1. The Kier molecular flexibility index (Phi) is 7.01. The molecule has 0 bridgehead atoms. The zero-order valence-electron chi connectivity index (χ0n) is 22.6. The smallest absolute Gasteiger partial charge is 0.261 e. The molecule has 2 aliphatic rings. The second kappa shape index (κ2) is 10.7. The van der Waals surface area contributed by atoms with Gasteiger partial charge in [-0.1, -0.05) is 30.8 Å². The number of nitrogens with zero attached hydrogens (tertiary/aromatic N) is 1. The third-order valence-corrected chi connectivity index (χ3v) is 9.23. The van der Waals surface area contributed by atoms with Gasteiger partial charge in [-0.3, -0.25) is 14.4 Å². The van der Waals surface area contributed by atoms with Crippen molar-refractivity contribution in [2.75, 3.05) is 5.73 Å². The standard InChI is InChI=1S/C31H30N6O4S/c1-2-22(38)36-17-9-10-18(14-17)37-30(40)28-25-24-20(11-12-21(32)27(24)42-28)31(34,29(39)26(25)33)16-8-13-23(35-15-16)41-19-6-4-3-5-7-19/h2-8,11-13,15,17-18,26H,1,9-10,14,32-34H2,(H,36,38)(H,37,40). The molecular formula is C31H30N6O4S. The monoisotopic (exact) mass is 582 g/mol. The van der Waals surface area contributed by atoms with Crippen LogP contribution in [0.4, 0.5) is 5.69 Å². The van der Waals surface area contributed by atoms with Crippen LogP contribution in [-0.4, -0.2) is 34.7 Å². The van der Waals surface area contributed by atoms with Crippen LogP contribution in [0.1, 0.15) is 51.7 Å². The number of Topliss-reactive ketones (excluding diaryl/α,β-unsaturated/α-hetero) is 1. The van der Waals surface area contributed by atoms with Crippen molar-refractivity contribution in [2.24, 2.45) is 11.5 Å². The predicted molar refractivity (Wildman–Crippen MR) is 161 cm³/mol. The topological polar surface area (TPSA) is 175 Å². The van der Waals surface area contributed by atoms with E-state index in [1.807, 2.05) is 30.3 Å². The first kappa shape index (κ1) is 27.6. The van der Waals surface area contributed by atoms with E-state index >= 15 is 0 Å². The fourth-order valence-electron chi connectivity index (χ4n) is 5.89. The third-order valence-electron chi connectivity index (χ3n) is 7.98. The lowest BCUT2D eigenvalue weighted by molar-refractivity contribution is -0.124.